The van der Waals surface area contributed by atoms with E-state index in [9.17, 15) is 9.59 Å². The van der Waals surface area contributed by atoms with Crippen molar-refractivity contribution in [1.29, 1.82) is 0 Å². The van der Waals surface area contributed by atoms with Crippen LogP contribution >= 0.6 is 0 Å². The molecule has 0 radical (unpaired) electrons. The number of hydrogen-bond donors (Lipinski definition) is 1. The second kappa shape index (κ2) is 10.9. The zero-order chi connectivity index (χ0) is 21.2. The first kappa shape index (κ1) is 22.0. The maximum absolute atomic E-state index is 12.2. The summed E-state index contributed by atoms with van der Waals surface area (Å²) in [5, 5.41) is 2.89. The summed E-state index contributed by atoms with van der Waals surface area (Å²) in [6, 6.07) is 13.2. The summed E-state index contributed by atoms with van der Waals surface area (Å²) >= 11 is 0. The predicted molar refractivity (Wildman–Crippen MR) is 112 cm³/mol. The number of rotatable bonds is 9. The minimum Gasteiger partial charge on any atom is -0.493 e. The zero-order valence-electron chi connectivity index (χ0n) is 17.2. The Labute approximate surface area is 171 Å². The van der Waals surface area contributed by atoms with E-state index in [1.54, 1.807) is 31.4 Å². The van der Waals surface area contributed by atoms with E-state index in [1.165, 1.54) is 13.2 Å². The molecule has 29 heavy (non-hydrogen) atoms. The number of amides is 1. The number of para-hydroxylation sites is 1. The molecule has 0 aliphatic rings. The van der Waals surface area contributed by atoms with Gasteiger partial charge >= 0.3 is 5.97 Å². The van der Waals surface area contributed by atoms with Gasteiger partial charge in [-0.05, 0) is 31.1 Å². The summed E-state index contributed by atoms with van der Waals surface area (Å²) in [5.41, 5.74) is 2.84. The van der Waals surface area contributed by atoms with E-state index in [0.717, 1.165) is 17.5 Å². The first-order valence-electron chi connectivity index (χ1n) is 9.40. The monoisotopic (exact) mass is 397 g/mol. The second-order valence-corrected chi connectivity index (χ2v) is 6.46. The lowest BCUT2D eigenvalue weighted by Crippen LogP contribution is -2.32. The van der Waals surface area contributed by atoms with Gasteiger partial charge < -0.3 is 19.5 Å². The van der Waals surface area contributed by atoms with E-state index in [-0.39, 0.29) is 18.6 Å². The van der Waals surface area contributed by atoms with Crippen molar-refractivity contribution in [2.45, 2.75) is 26.3 Å². The fourth-order valence-corrected chi connectivity index (χ4v) is 2.84. The summed E-state index contributed by atoms with van der Waals surface area (Å²) in [4.78, 5) is 24.1. The molecule has 0 bridgehead atoms. The van der Waals surface area contributed by atoms with Gasteiger partial charge in [-0.3, -0.25) is 4.79 Å². The fraction of sp³-hybridized carbons (Fsp3) is 0.304. The summed E-state index contributed by atoms with van der Waals surface area (Å²) in [6.07, 6.45) is 3.54. The van der Waals surface area contributed by atoms with Crippen molar-refractivity contribution in [2.24, 2.45) is 0 Å². The lowest BCUT2D eigenvalue weighted by atomic mass is 10.0. The van der Waals surface area contributed by atoms with Crippen molar-refractivity contribution in [3.8, 4) is 11.5 Å². The molecule has 2 rings (SSSR count). The average molecular weight is 397 g/mol. The Bertz CT molecular complexity index is 858. The Kier molecular flexibility index (Phi) is 8.27. The van der Waals surface area contributed by atoms with Crippen LogP contribution in [0.5, 0.6) is 11.5 Å². The predicted octanol–water partition coefficient (Wildman–Crippen LogP) is 3.84. The highest BCUT2D eigenvalue weighted by molar-refractivity contribution is 5.90. The Morgan fingerprint density at radius 1 is 1.07 bits per heavy atom. The molecule has 6 nitrogen and oxygen atoms in total. The molecule has 1 atom stereocenters. The third-order valence-corrected chi connectivity index (χ3v) is 4.40. The fourth-order valence-electron chi connectivity index (χ4n) is 2.84. The summed E-state index contributed by atoms with van der Waals surface area (Å²) in [7, 11) is 3.06. The van der Waals surface area contributed by atoms with Crippen LogP contribution < -0.4 is 14.8 Å². The molecule has 0 unspecified atom stereocenters. The molecule has 0 saturated heterocycles. The zero-order valence-corrected chi connectivity index (χ0v) is 17.2. The lowest BCUT2D eigenvalue weighted by molar-refractivity contribution is -0.144. The topological polar surface area (TPSA) is 73.9 Å². The smallest absolute Gasteiger partial charge is 0.331 e. The summed E-state index contributed by atoms with van der Waals surface area (Å²) < 4.78 is 15.6. The number of esters is 1. The Hall–Kier alpha value is -3.28. The van der Waals surface area contributed by atoms with Crippen molar-refractivity contribution in [3.63, 3.8) is 0 Å². The Balaban J connectivity index is 1.90. The molecule has 0 heterocycles. The van der Waals surface area contributed by atoms with E-state index in [1.807, 2.05) is 38.1 Å². The molecule has 6 heteroatoms. The Morgan fingerprint density at radius 2 is 1.79 bits per heavy atom. The van der Waals surface area contributed by atoms with Crippen LogP contribution in [-0.2, 0) is 14.3 Å². The van der Waals surface area contributed by atoms with Crippen LogP contribution in [0.4, 0.5) is 0 Å². The number of carbonyl (C=O) groups excluding carboxylic acids is 2. The number of nitrogens with one attached hydrogen (secondary N) is 1. The molecule has 0 fully saturated rings. The van der Waals surface area contributed by atoms with Crippen molar-refractivity contribution in [3.05, 3.63) is 65.2 Å². The molecule has 2 aromatic carbocycles. The van der Waals surface area contributed by atoms with Gasteiger partial charge in [0.1, 0.15) is 0 Å². The van der Waals surface area contributed by atoms with Crippen molar-refractivity contribution >= 4 is 18.0 Å². The van der Waals surface area contributed by atoms with Crippen LogP contribution in [-0.4, -0.2) is 32.7 Å². The first-order chi connectivity index (χ1) is 14.0. The number of hydrogen-bond acceptors (Lipinski definition) is 5. The quantitative estimate of drug-likeness (QED) is 0.514. The molecular weight excluding hydrogens is 370 g/mol. The number of benzene rings is 2. The van der Waals surface area contributed by atoms with E-state index < -0.39 is 5.97 Å². The minimum atomic E-state index is -0.617. The number of carbonyl (C=O) groups is 2. The third kappa shape index (κ3) is 6.38. The van der Waals surface area contributed by atoms with E-state index in [2.05, 4.69) is 5.32 Å². The molecule has 2 aromatic rings. The molecule has 0 aromatic heterocycles. The van der Waals surface area contributed by atoms with E-state index >= 15 is 0 Å². The van der Waals surface area contributed by atoms with Gasteiger partial charge in [0.15, 0.2) is 18.1 Å². The van der Waals surface area contributed by atoms with Crippen LogP contribution in [0.1, 0.15) is 36.1 Å². The molecule has 0 aliphatic heterocycles. The summed E-state index contributed by atoms with van der Waals surface area (Å²) in [6.45, 7) is 3.65. The normalized spacial score (nSPS) is 11.7. The molecular formula is C23H27NO5. The molecule has 154 valence electrons. The molecule has 0 aliphatic carbocycles. The first-order valence-corrected chi connectivity index (χ1v) is 9.40. The van der Waals surface area contributed by atoms with Gasteiger partial charge in [0.05, 0.1) is 20.3 Å². The molecule has 0 saturated carbocycles. The van der Waals surface area contributed by atoms with Gasteiger partial charge in [-0.25, -0.2) is 4.79 Å². The van der Waals surface area contributed by atoms with Gasteiger partial charge in [0, 0.05) is 11.6 Å². The molecule has 1 N–H and O–H groups in total. The van der Waals surface area contributed by atoms with Gasteiger partial charge in [-0.2, -0.15) is 0 Å². The number of methoxy groups -OCH3 is 2. The van der Waals surface area contributed by atoms with E-state index in [4.69, 9.17) is 14.2 Å². The third-order valence-electron chi connectivity index (χ3n) is 4.40. The van der Waals surface area contributed by atoms with Crippen LogP contribution in [0.25, 0.3) is 6.08 Å². The largest absolute Gasteiger partial charge is 0.493 e. The van der Waals surface area contributed by atoms with Crippen molar-refractivity contribution < 1.29 is 23.8 Å². The highest BCUT2D eigenvalue weighted by Crippen LogP contribution is 2.31. The average Bonchev–Trinajstić information content (AvgIpc) is 2.74. The SMILES string of the molecule is CC[C@@H](NC(=O)COC(=O)/C=C/c1cccc(OC)c1OC)c1ccc(C)cc1. The minimum absolute atomic E-state index is 0.126. The van der Waals surface area contributed by atoms with Gasteiger partial charge in [0.2, 0.25) is 0 Å². The second-order valence-electron chi connectivity index (χ2n) is 6.46. The molecule has 0 spiro atoms. The highest BCUT2D eigenvalue weighted by Gasteiger charge is 2.14. The maximum atomic E-state index is 12.2. The molecule has 1 amide bonds. The van der Waals surface area contributed by atoms with Crippen LogP contribution in [0.3, 0.4) is 0 Å². The standard InChI is InChI=1S/C23H27NO5/c1-5-19(17-11-9-16(2)10-12-17)24-21(25)15-29-22(26)14-13-18-7-6-8-20(27-3)23(18)28-4/h6-14,19H,5,15H2,1-4H3,(H,24,25)/b14-13+/t19-/m1/s1. The van der Waals surface area contributed by atoms with Crippen LogP contribution in [0.15, 0.2) is 48.5 Å². The van der Waals surface area contributed by atoms with Crippen molar-refractivity contribution in [2.75, 3.05) is 20.8 Å². The van der Waals surface area contributed by atoms with Gasteiger partial charge in [-0.15, -0.1) is 0 Å². The maximum Gasteiger partial charge on any atom is 0.331 e. The van der Waals surface area contributed by atoms with Crippen molar-refractivity contribution in [1.82, 2.24) is 5.32 Å². The number of ether oxygens (including phenoxy) is 3. The van der Waals surface area contributed by atoms with Crippen LogP contribution in [0.2, 0.25) is 0 Å². The summed E-state index contributed by atoms with van der Waals surface area (Å²) in [5.74, 6) is 0.108. The van der Waals surface area contributed by atoms with Gasteiger partial charge in [0.25, 0.3) is 5.91 Å². The van der Waals surface area contributed by atoms with Crippen LogP contribution in [0, 0.1) is 6.92 Å². The van der Waals surface area contributed by atoms with Gasteiger partial charge in [-0.1, -0.05) is 48.9 Å². The number of aryl methyl sites for hydroxylation is 1. The highest BCUT2D eigenvalue weighted by atomic mass is 16.5. The Morgan fingerprint density at radius 3 is 2.41 bits per heavy atom. The lowest BCUT2D eigenvalue weighted by Gasteiger charge is -2.17. The van der Waals surface area contributed by atoms with E-state index in [0.29, 0.717) is 17.1 Å².